The highest BCUT2D eigenvalue weighted by molar-refractivity contribution is 5.87. The van der Waals surface area contributed by atoms with Gasteiger partial charge >= 0.3 is 11.8 Å². The van der Waals surface area contributed by atoms with Gasteiger partial charge in [0.05, 0.1) is 31.5 Å². The normalized spacial score (nSPS) is 12.1. The van der Waals surface area contributed by atoms with Crippen molar-refractivity contribution in [2.75, 3.05) is 13.7 Å². The first-order chi connectivity index (χ1) is 16.1. The lowest BCUT2D eigenvalue weighted by molar-refractivity contribution is -0.385. The Morgan fingerprint density at radius 1 is 1.18 bits per heavy atom. The second-order valence-electron chi connectivity index (χ2n) is 8.12. The van der Waals surface area contributed by atoms with Crippen LogP contribution in [0.25, 0.3) is 0 Å². The number of hydrazone groups is 1. The van der Waals surface area contributed by atoms with Gasteiger partial charge in [0.2, 0.25) is 0 Å². The van der Waals surface area contributed by atoms with Crippen molar-refractivity contribution in [3.8, 4) is 5.75 Å². The summed E-state index contributed by atoms with van der Waals surface area (Å²) >= 11 is 0. The predicted octanol–water partition coefficient (Wildman–Crippen LogP) is 3.16. The lowest BCUT2D eigenvalue weighted by Crippen LogP contribution is -2.49. The molecule has 11 heteroatoms. The molecule has 0 spiro atoms. The zero-order valence-corrected chi connectivity index (χ0v) is 19.4. The molecule has 0 aliphatic heterocycles. The van der Waals surface area contributed by atoms with Crippen molar-refractivity contribution in [3.05, 3.63) is 69.8 Å². The predicted molar refractivity (Wildman–Crippen MR) is 125 cm³/mol. The summed E-state index contributed by atoms with van der Waals surface area (Å²) in [6.45, 7) is 5.20. The number of hydrogen-bond donors (Lipinski definition) is 2. The maximum atomic E-state index is 12.6. The van der Waals surface area contributed by atoms with Crippen LogP contribution in [0.5, 0.6) is 5.75 Å². The fraction of sp³-hybridized carbons (Fsp3) is 0.348. The molecule has 0 bridgehead atoms. The van der Waals surface area contributed by atoms with Crippen LogP contribution in [0.3, 0.4) is 0 Å². The maximum Gasteiger partial charge on any atom is 0.408 e. The fourth-order valence-corrected chi connectivity index (χ4v) is 2.68. The molecule has 1 atom stereocenters. The van der Waals surface area contributed by atoms with Crippen LogP contribution in [-0.2, 0) is 20.9 Å². The number of benzene rings is 2. The van der Waals surface area contributed by atoms with Gasteiger partial charge in [-0.05, 0) is 38.5 Å². The van der Waals surface area contributed by atoms with Crippen molar-refractivity contribution in [1.82, 2.24) is 10.7 Å². The molecule has 11 nitrogen and oxygen atoms in total. The number of nitro groups is 1. The van der Waals surface area contributed by atoms with E-state index in [1.165, 1.54) is 25.5 Å². The number of nitrogens with one attached hydrogen (secondary N) is 2. The van der Waals surface area contributed by atoms with E-state index in [1.807, 2.05) is 30.3 Å². The van der Waals surface area contributed by atoms with Gasteiger partial charge < -0.3 is 19.5 Å². The number of alkyl carbamates (subject to hydrolysis) is 1. The standard InChI is InChI=1S/C23H28N4O7/c1-23(2,3)34-22(29)25-18(15-33-14-16-8-6-5-7-9-16)21(28)26-24-13-17-10-11-20(32-4)19(12-17)27(30)31/h5-13,18H,14-15H2,1-4H3,(H,25,29)(H,26,28)/b24-13-/t18-/m0/s1. The first kappa shape index (κ1) is 26.3. The minimum absolute atomic E-state index is 0.100. The van der Waals surface area contributed by atoms with E-state index in [0.717, 1.165) is 5.56 Å². The van der Waals surface area contributed by atoms with Crippen molar-refractivity contribution in [2.45, 2.75) is 39.0 Å². The van der Waals surface area contributed by atoms with Crippen LogP contribution in [0.4, 0.5) is 10.5 Å². The van der Waals surface area contributed by atoms with E-state index in [-0.39, 0.29) is 24.7 Å². The molecule has 34 heavy (non-hydrogen) atoms. The first-order valence-electron chi connectivity index (χ1n) is 10.4. The summed E-state index contributed by atoms with van der Waals surface area (Å²) in [4.78, 5) is 35.4. The van der Waals surface area contributed by atoms with Crippen molar-refractivity contribution < 1.29 is 28.7 Å². The van der Waals surface area contributed by atoms with Gasteiger partial charge in [0.15, 0.2) is 5.75 Å². The molecule has 0 unspecified atom stereocenters. The monoisotopic (exact) mass is 472 g/mol. The van der Waals surface area contributed by atoms with E-state index < -0.39 is 28.6 Å². The third kappa shape index (κ3) is 8.87. The van der Waals surface area contributed by atoms with Crippen LogP contribution in [0.15, 0.2) is 53.6 Å². The quantitative estimate of drug-likeness (QED) is 0.307. The third-order valence-corrected chi connectivity index (χ3v) is 4.19. The Morgan fingerprint density at radius 3 is 2.50 bits per heavy atom. The van der Waals surface area contributed by atoms with Gasteiger partial charge in [-0.15, -0.1) is 0 Å². The van der Waals surface area contributed by atoms with Gasteiger partial charge in [-0.1, -0.05) is 30.3 Å². The summed E-state index contributed by atoms with van der Waals surface area (Å²) < 4.78 is 15.8. The topological polar surface area (TPSA) is 141 Å². The van der Waals surface area contributed by atoms with Gasteiger partial charge in [0, 0.05) is 11.6 Å². The Bertz CT molecular complexity index is 1020. The molecule has 2 aromatic rings. The maximum absolute atomic E-state index is 12.6. The molecule has 182 valence electrons. The minimum Gasteiger partial charge on any atom is -0.490 e. The molecule has 0 aromatic heterocycles. The van der Waals surface area contributed by atoms with E-state index in [4.69, 9.17) is 14.2 Å². The number of amides is 2. The number of carbonyl (C=O) groups excluding carboxylic acids is 2. The number of ether oxygens (including phenoxy) is 3. The van der Waals surface area contributed by atoms with E-state index in [2.05, 4.69) is 15.8 Å². The molecule has 0 saturated carbocycles. The molecular formula is C23H28N4O7. The first-order valence-corrected chi connectivity index (χ1v) is 10.4. The van der Waals surface area contributed by atoms with E-state index in [9.17, 15) is 19.7 Å². The lowest BCUT2D eigenvalue weighted by Gasteiger charge is -2.22. The molecular weight excluding hydrogens is 444 g/mol. The second kappa shape index (κ2) is 12.3. The molecule has 0 fully saturated rings. The Labute approximate surface area is 197 Å². The third-order valence-electron chi connectivity index (χ3n) is 4.19. The smallest absolute Gasteiger partial charge is 0.408 e. The molecule has 2 rings (SSSR count). The van der Waals surface area contributed by atoms with Gasteiger partial charge in [-0.25, -0.2) is 10.2 Å². The summed E-state index contributed by atoms with van der Waals surface area (Å²) in [5.41, 5.74) is 2.58. The highest BCUT2D eigenvalue weighted by Crippen LogP contribution is 2.26. The van der Waals surface area contributed by atoms with Crippen molar-refractivity contribution in [3.63, 3.8) is 0 Å². The van der Waals surface area contributed by atoms with E-state index >= 15 is 0 Å². The van der Waals surface area contributed by atoms with Crippen LogP contribution >= 0.6 is 0 Å². The summed E-state index contributed by atoms with van der Waals surface area (Å²) in [7, 11) is 1.33. The van der Waals surface area contributed by atoms with Gasteiger partial charge in [0.1, 0.15) is 11.6 Å². The number of rotatable bonds is 10. The van der Waals surface area contributed by atoms with Crippen LogP contribution in [0.2, 0.25) is 0 Å². The fourth-order valence-electron chi connectivity index (χ4n) is 2.68. The average molecular weight is 472 g/mol. The van der Waals surface area contributed by atoms with Crippen LogP contribution in [0.1, 0.15) is 31.9 Å². The van der Waals surface area contributed by atoms with Gasteiger partial charge in [0.25, 0.3) is 5.91 Å². The second-order valence-corrected chi connectivity index (χ2v) is 8.12. The van der Waals surface area contributed by atoms with Crippen LogP contribution in [0, 0.1) is 10.1 Å². The number of methoxy groups -OCH3 is 1. The number of carbonyl (C=O) groups is 2. The van der Waals surface area contributed by atoms with Crippen molar-refractivity contribution >= 4 is 23.9 Å². The minimum atomic E-state index is -1.10. The summed E-state index contributed by atoms with van der Waals surface area (Å²) in [6, 6.07) is 12.5. The highest BCUT2D eigenvalue weighted by atomic mass is 16.6. The summed E-state index contributed by atoms with van der Waals surface area (Å²) in [5.74, 6) is -0.554. The van der Waals surface area contributed by atoms with E-state index in [1.54, 1.807) is 26.8 Å². The largest absolute Gasteiger partial charge is 0.490 e. The zero-order chi connectivity index (χ0) is 25.1. The SMILES string of the molecule is COc1ccc(/C=N\NC(=O)[C@H](COCc2ccccc2)NC(=O)OC(C)(C)C)cc1[N+](=O)[O-]. The van der Waals surface area contributed by atoms with Gasteiger partial charge in [-0.2, -0.15) is 5.10 Å². The Kier molecular flexibility index (Phi) is 9.50. The van der Waals surface area contributed by atoms with Gasteiger partial charge in [-0.3, -0.25) is 14.9 Å². The Balaban J connectivity index is 2.04. The molecule has 2 amide bonds. The van der Waals surface area contributed by atoms with Crippen molar-refractivity contribution in [1.29, 1.82) is 0 Å². The molecule has 2 aromatic carbocycles. The summed E-state index contributed by atoms with van der Waals surface area (Å²) in [6.07, 6.45) is 0.449. The average Bonchev–Trinajstić information content (AvgIpc) is 2.77. The number of nitrogens with zero attached hydrogens (tertiary/aromatic N) is 2. The van der Waals surface area contributed by atoms with Crippen LogP contribution < -0.4 is 15.5 Å². The Morgan fingerprint density at radius 2 is 1.88 bits per heavy atom. The molecule has 2 N–H and O–H groups in total. The van der Waals surface area contributed by atoms with Crippen LogP contribution in [-0.4, -0.2) is 48.5 Å². The molecule has 0 aliphatic carbocycles. The lowest BCUT2D eigenvalue weighted by atomic mass is 10.2. The zero-order valence-electron chi connectivity index (χ0n) is 19.4. The summed E-state index contributed by atoms with van der Waals surface area (Å²) in [5, 5.41) is 17.5. The number of hydrogen-bond acceptors (Lipinski definition) is 8. The Hall–Kier alpha value is -3.99. The molecule has 0 radical (unpaired) electrons. The molecule has 0 aliphatic rings. The highest BCUT2D eigenvalue weighted by Gasteiger charge is 2.24. The molecule has 0 heterocycles. The van der Waals surface area contributed by atoms with E-state index in [0.29, 0.717) is 5.56 Å². The number of nitro benzene ring substituents is 1. The van der Waals surface area contributed by atoms with Crippen molar-refractivity contribution in [2.24, 2.45) is 5.10 Å². The molecule has 0 saturated heterocycles.